The third kappa shape index (κ3) is 4.07. The first-order chi connectivity index (χ1) is 12.9. The molecule has 0 fully saturated rings. The summed E-state index contributed by atoms with van der Waals surface area (Å²) in [5, 5.41) is 12.4. The van der Waals surface area contributed by atoms with E-state index in [1.54, 1.807) is 17.8 Å². The van der Waals surface area contributed by atoms with Gasteiger partial charge in [-0.1, -0.05) is 18.2 Å². The molecule has 1 aliphatic carbocycles. The summed E-state index contributed by atoms with van der Waals surface area (Å²) in [6.45, 7) is 2.17. The average molecular weight is 384 g/mol. The second-order valence-electron chi connectivity index (χ2n) is 6.31. The van der Waals surface area contributed by atoms with Crippen molar-refractivity contribution in [1.82, 2.24) is 10.4 Å². The smallest absolute Gasteiger partial charge is 0.332 e. The van der Waals surface area contributed by atoms with E-state index in [1.807, 2.05) is 13.2 Å². The summed E-state index contributed by atoms with van der Waals surface area (Å²) in [6.07, 6.45) is 4.11. The Labute approximate surface area is 162 Å². The van der Waals surface area contributed by atoms with Crippen LogP contribution in [0, 0.1) is 5.82 Å². The minimum atomic E-state index is -0.613. The second-order valence-corrected chi connectivity index (χ2v) is 7.19. The summed E-state index contributed by atoms with van der Waals surface area (Å²) < 4.78 is 13.8. The Balaban J connectivity index is 2.00. The second kappa shape index (κ2) is 7.98. The molecule has 2 aromatic carbocycles. The molecule has 0 bridgehead atoms. The number of thioether (sulfide) groups is 1. The van der Waals surface area contributed by atoms with Crippen molar-refractivity contribution in [3.05, 3.63) is 70.5 Å². The fourth-order valence-corrected chi connectivity index (χ4v) is 3.53. The Hall–Kier alpha value is -2.57. The van der Waals surface area contributed by atoms with Crippen LogP contribution >= 0.6 is 11.8 Å². The number of benzene rings is 2. The zero-order valence-electron chi connectivity index (χ0n) is 15.4. The Morgan fingerprint density at radius 1 is 1.22 bits per heavy atom. The summed E-state index contributed by atoms with van der Waals surface area (Å²) in [7, 11) is 1.25. The van der Waals surface area contributed by atoms with Crippen LogP contribution in [0.25, 0.3) is 17.2 Å². The lowest BCUT2D eigenvalue weighted by atomic mass is 10.0. The van der Waals surface area contributed by atoms with Gasteiger partial charge in [0.2, 0.25) is 0 Å². The first-order valence-electron chi connectivity index (χ1n) is 8.47. The molecule has 27 heavy (non-hydrogen) atoms. The van der Waals surface area contributed by atoms with E-state index in [2.05, 4.69) is 35.7 Å². The fourth-order valence-electron chi connectivity index (χ4n) is 3.13. The zero-order valence-corrected chi connectivity index (χ0v) is 16.2. The normalized spacial score (nSPS) is 14.5. The summed E-state index contributed by atoms with van der Waals surface area (Å²) in [5.74, 6) is -0.324. The van der Waals surface area contributed by atoms with Gasteiger partial charge in [-0.15, -0.1) is 11.8 Å². The predicted molar refractivity (Wildman–Crippen MR) is 108 cm³/mol. The van der Waals surface area contributed by atoms with Crippen LogP contribution in [0.4, 0.5) is 9.18 Å². The molecule has 0 spiro atoms. The zero-order chi connectivity index (χ0) is 19.6. The van der Waals surface area contributed by atoms with Crippen LogP contribution in [-0.4, -0.2) is 36.1 Å². The molecular formula is C21H21FN2O2S. The Morgan fingerprint density at radius 3 is 2.56 bits per heavy atom. The summed E-state index contributed by atoms with van der Waals surface area (Å²) in [4.78, 5) is 12.9. The maximum absolute atomic E-state index is 13.8. The molecule has 0 saturated carbocycles. The fraction of sp³-hybridized carbons (Fsp3) is 0.190. The highest BCUT2D eigenvalue weighted by Crippen LogP contribution is 2.42. The molecule has 140 valence electrons. The van der Waals surface area contributed by atoms with Gasteiger partial charge < -0.3 is 5.32 Å². The van der Waals surface area contributed by atoms with Crippen molar-refractivity contribution >= 4 is 35.0 Å². The molecule has 0 aromatic heterocycles. The number of nitrogens with zero attached hydrogens (tertiary/aromatic N) is 1. The van der Waals surface area contributed by atoms with Crippen molar-refractivity contribution in [2.24, 2.45) is 0 Å². The van der Waals surface area contributed by atoms with Crippen LogP contribution < -0.4 is 5.32 Å². The van der Waals surface area contributed by atoms with Crippen LogP contribution in [0.5, 0.6) is 0 Å². The highest BCUT2D eigenvalue weighted by Gasteiger charge is 2.24. The highest BCUT2D eigenvalue weighted by atomic mass is 32.2. The number of halogens is 1. The first kappa shape index (κ1) is 19.2. The molecule has 0 aliphatic heterocycles. The molecule has 0 heterocycles. The Bertz CT molecular complexity index is 934. The van der Waals surface area contributed by atoms with Crippen LogP contribution in [0.2, 0.25) is 0 Å². The van der Waals surface area contributed by atoms with Gasteiger partial charge in [-0.25, -0.2) is 14.2 Å². The average Bonchev–Trinajstić information content (AvgIpc) is 2.91. The lowest BCUT2D eigenvalue weighted by molar-refractivity contribution is -0.0178. The number of nitrogens with one attached hydrogen (secondary N) is 1. The van der Waals surface area contributed by atoms with Gasteiger partial charge in [0.25, 0.3) is 0 Å². The molecule has 2 amide bonds. The number of carbonyl (C=O) groups excluding carboxylic acids is 1. The molecule has 2 aromatic rings. The van der Waals surface area contributed by atoms with Crippen molar-refractivity contribution in [3.63, 3.8) is 0 Å². The van der Waals surface area contributed by atoms with Gasteiger partial charge in [0.15, 0.2) is 0 Å². The SMILES string of the molecule is CSc1ccc(/C=C2/C(C)=C(CNC(=O)N(C)O)c3cc(F)ccc32)cc1. The number of urea groups is 1. The van der Waals surface area contributed by atoms with Crippen LogP contribution in [0.15, 0.2) is 52.9 Å². The van der Waals surface area contributed by atoms with Gasteiger partial charge in [0.05, 0.1) is 0 Å². The van der Waals surface area contributed by atoms with E-state index in [0.717, 1.165) is 33.4 Å². The van der Waals surface area contributed by atoms with Gasteiger partial charge in [0, 0.05) is 18.5 Å². The number of hydrogen-bond acceptors (Lipinski definition) is 3. The number of rotatable bonds is 4. The summed E-state index contributed by atoms with van der Waals surface area (Å²) in [5.41, 5.74) is 5.57. The number of hydroxylamine groups is 2. The number of carbonyl (C=O) groups is 1. The number of fused-ring (bicyclic) bond motifs is 1. The molecule has 6 heteroatoms. The lowest BCUT2D eigenvalue weighted by Gasteiger charge is -2.12. The van der Waals surface area contributed by atoms with Gasteiger partial charge in [-0.3, -0.25) is 5.21 Å². The number of allylic oxidation sites excluding steroid dienone is 2. The topological polar surface area (TPSA) is 52.6 Å². The predicted octanol–water partition coefficient (Wildman–Crippen LogP) is 4.91. The molecule has 0 saturated heterocycles. The minimum absolute atomic E-state index is 0.203. The van der Waals surface area contributed by atoms with Crippen molar-refractivity contribution in [2.75, 3.05) is 19.8 Å². The third-order valence-electron chi connectivity index (χ3n) is 4.59. The molecule has 0 radical (unpaired) electrons. The quantitative estimate of drug-likeness (QED) is 0.448. The molecular weight excluding hydrogens is 363 g/mol. The van der Waals surface area contributed by atoms with E-state index in [0.29, 0.717) is 5.06 Å². The van der Waals surface area contributed by atoms with Gasteiger partial charge in [0.1, 0.15) is 5.82 Å². The number of amides is 2. The van der Waals surface area contributed by atoms with Crippen LogP contribution in [0.1, 0.15) is 23.6 Å². The van der Waals surface area contributed by atoms with Gasteiger partial charge in [-0.2, -0.15) is 0 Å². The van der Waals surface area contributed by atoms with E-state index in [9.17, 15) is 14.4 Å². The third-order valence-corrected chi connectivity index (χ3v) is 5.33. The Morgan fingerprint density at radius 2 is 1.93 bits per heavy atom. The van der Waals surface area contributed by atoms with Crippen molar-refractivity contribution in [2.45, 2.75) is 11.8 Å². The molecule has 3 rings (SSSR count). The molecule has 1 aliphatic rings. The van der Waals surface area contributed by atoms with Crippen molar-refractivity contribution in [3.8, 4) is 0 Å². The standard InChI is InChI=1S/C21H21FN2O2S/c1-13-18(10-14-4-7-16(27-3)8-5-14)17-9-6-15(22)11-19(17)20(13)12-23-21(25)24(2)26/h4-11,26H,12H2,1-3H3,(H,23,25)/b18-10-. The minimum Gasteiger partial charge on any atom is -0.332 e. The van der Waals surface area contributed by atoms with E-state index in [1.165, 1.54) is 24.1 Å². The summed E-state index contributed by atoms with van der Waals surface area (Å²) >= 11 is 1.69. The summed E-state index contributed by atoms with van der Waals surface area (Å²) in [6, 6.07) is 12.3. The maximum Gasteiger partial charge on any atom is 0.341 e. The number of hydrogen-bond donors (Lipinski definition) is 2. The van der Waals surface area contributed by atoms with Gasteiger partial charge >= 0.3 is 6.03 Å². The highest BCUT2D eigenvalue weighted by molar-refractivity contribution is 7.98. The van der Waals surface area contributed by atoms with Crippen molar-refractivity contribution in [1.29, 1.82) is 0 Å². The van der Waals surface area contributed by atoms with Crippen LogP contribution in [0.3, 0.4) is 0 Å². The van der Waals surface area contributed by atoms with E-state index in [-0.39, 0.29) is 12.4 Å². The molecule has 0 unspecified atom stereocenters. The molecule has 4 nitrogen and oxygen atoms in total. The lowest BCUT2D eigenvalue weighted by Crippen LogP contribution is -2.35. The van der Waals surface area contributed by atoms with Crippen LogP contribution in [-0.2, 0) is 0 Å². The van der Waals surface area contributed by atoms with Gasteiger partial charge in [-0.05, 0) is 76.9 Å². The molecule has 0 atom stereocenters. The Kier molecular flexibility index (Phi) is 5.68. The van der Waals surface area contributed by atoms with E-state index >= 15 is 0 Å². The van der Waals surface area contributed by atoms with Crippen molar-refractivity contribution < 1.29 is 14.4 Å². The van der Waals surface area contributed by atoms with E-state index in [4.69, 9.17) is 0 Å². The first-order valence-corrected chi connectivity index (χ1v) is 9.69. The maximum atomic E-state index is 13.8. The monoisotopic (exact) mass is 384 g/mol. The largest absolute Gasteiger partial charge is 0.341 e. The van der Waals surface area contributed by atoms with E-state index < -0.39 is 6.03 Å². The molecule has 2 N–H and O–H groups in total.